The van der Waals surface area contributed by atoms with Crippen LogP contribution in [-0.4, -0.2) is 9.97 Å². The number of hydrogen-bond acceptors (Lipinski definition) is 2. The maximum atomic E-state index is 6.94. The minimum Gasteiger partial charge on any atom is -0.248 e. The molecule has 0 atom stereocenters. The standard InChI is InChI=1S/C30H17Br2ClN2/c31-20-11-13-25-23(15-20)22(18-7-3-1-4-8-18)17-27(34-25)29-28(19-9-5-2-6-10-19)24-16-21(32)12-14-26(24)35-30(29)33/h1-17H. The third-order valence-electron chi connectivity index (χ3n) is 6.08. The monoisotopic (exact) mass is 598 g/mol. The summed E-state index contributed by atoms with van der Waals surface area (Å²) < 4.78 is 2.00. The molecular formula is C30H17Br2ClN2. The van der Waals surface area contributed by atoms with Crippen molar-refractivity contribution in [3.8, 4) is 33.5 Å². The summed E-state index contributed by atoms with van der Waals surface area (Å²) in [5, 5.41) is 2.52. The van der Waals surface area contributed by atoms with Crippen LogP contribution in [0.25, 0.3) is 55.3 Å². The SMILES string of the molecule is Clc1nc2ccc(Br)cc2c(-c2ccccc2)c1-c1cc(-c2ccccc2)c2cc(Br)ccc2n1. The van der Waals surface area contributed by atoms with Gasteiger partial charge < -0.3 is 0 Å². The van der Waals surface area contributed by atoms with Crippen molar-refractivity contribution >= 4 is 65.3 Å². The molecule has 35 heavy (non-hydrogen) atoms. The fraction of sp³-hybridized carbons (Fsp3) is 0. The highest BCUT2D eigenvalue weighted by molar-refractivity contribution is 9.10. The van der Waals surface area contributed by atoms with Gasteiger partial charge in [-0.3, -0.25) is 0 Å². The van der Waals surface area contributed by atoms with E-state index < -0.39 is 0 Å². The Balaban J connectivity index is 1.75. The topological polar surface area (TPSA) is 25.8 Å². The fourth-order valence-electron chi connectivity index (χ4n) is 4.53. The van der Waals surface area contributed by atoms with Gasteiger partial charge in [-0.15, -0.1) is 0 Å². The maximum Gasteiger partial charge on any atom is 0.139 e. The molecule has 0 spiro atoms. The van der Waals surface area contributed by atoms with Gasteiger partial charge in [-0.1, -0.05) is 104 Å². The van der Waals surface area contributed by atoms with Crippen molar-refractivity contribution in [3.63, 3.8) is 0 Å². The number of rotatable bonds is 3. The van der Waals surface area contributed by atoms with Gasteiger partial charge in [0.2, 0.25) is 0 Å². The summed E-state index contributed by atoms with van der Waals surface area (Å²) in [4.78, 5) is 9.86. The number of nitrogens with zero attached hydrogens (tertiary/aromatic N) is 2. The van der Waals surface area contributed by atoms with E-state index in [0.29, 0.717) is 5.15 Å². The van der Waals surface area contributed by atoms with Crippen LogP contribution in [0.4, 0.5) is 0 Å². The first-order chi connectivity index (χ1) is 17.1. The quantitative estimate of drug-likeness (QED) is 0.189. The molecule has 0 aliphatic heterocycles. The molecular weight excluding hydrogens is 584 g/mol. The Bertz CT molecular complexity index is 1720. The zero-order valence-electron chi connectivity index (χ0n) is 18.3. The highest BCUT2D eigenvalue weighted by Crippen LogP contribution is 2.43. The number of aromatic nitrogens is 2. The predicted octanol–water partition coefficient (Wildman–Crippen LogP) is 9.96. The third kappa shape index (κ3) is 4.16. The average molecular weight is 601 g/mol. The van der Waals surface area contributed by atoms with Gasteiger partial charge in [-0.2, -0.15) is 0 Å². The molecule has 0 fully saturated rings. The van der Waals surface area contributed by atoms with E-state index in [4.69, 9.17) is 21.6 Å². The molecule has 2 heterocycles. The summed E-state index contributed by atoms with van der Waals surface area (Å²) in [6.45, 7) is 0. The van der Waals surface area contributed by atoms with E-state index >= 15 is 0 Å². The molecule has 5 heteroatoms. The number of benzene rings is 4. The van der Waals surface area contributed by atoms with E-state index in [1.165, 1.54) is 0 Å². The highest BCUT2D eigenvalue weighted by atomic mass is 79.9. The van der Waals surface area contributed by atoms with Crippen LogP contribution in [0.2, 0.25) is 5.15 Å². The Labute approximate surface area is 224 Å². The van der Waals surface area contributed by atoms with Crippen LogP contribution >= 0.6 is 43.5 Å². The molecule has 0 bridgehead atoms. The third-order valence-corrected chi connectivity index (χ3v) is 7.34. The van der Waals surface area contributed by atoms with Gasteiger partial charge >= 0.3 is 0 Å². The lowest BCUT2D eigenvalue weighted by molar-refractivity contribution is 1.35. The summed E-state index contributed by atoms with van der Waals surface area (Å²) in [5.74, 6) is 0. The van der Waals surface area contributed by atoms with E-state index in [0.717, 1.165) is 64.3 Å². The van der Waals surface area contributed by atoms with E-state index in [2.05, 4.69) is 86.5 Å². The van der Waals surface area contributed by atoms with Crippen molar-refractivity contribution in [2.24, 2.45) is 0 Å². The molecule has 2 aromatic heterocycles. The Morgan fingerprint density at radius 1 is 0.543 bits per heavy atom. The minimum atomic E-state index is 0.432. The van der Waals surface area contributed by atoms with Gasteiger partial charge in [0.05, 0.1) is 16.7 Å². The lowest BCUT2D eigenvalue weighted by Crippen LogP contribution is -1.96. The number of hydrogen-bond donors (Lipinski definition) is 0. The second-order valence-corrected chi connectivity index (χ2v) is 10.5. The van der Waals surface area contributed by atoms with Crippen molar-refractivity contribution < 1.29 is 0 Å². The van der Waals surface area contributed by atoms with Crippen LogP contribution < -0.4 is 0 Å². The largest absolute Gasteiger partial charge is 0.248 e. The first-order valence-electron chi connectivity index (χ1n) is 11.1. The van der Waals surface area contributed by atoms with Crippen LogP contribution in [0.1, 0.15) is 0 Å². The maximum absolute atomic E-state index is 6.94. The smallest absolute Gasteiger partial charge is 0.139 e. The molecule has 0 saturated heterocycles. The minimum absolute atomic E-state index is 0.432. The summed E-state index contributed by atoms with van der Waals surface area (Å²) in [6.07, 6.45) is 0. The Kier molecular flexibility index (Phi) is 5.89. The Morgan fingerprint density at radius 2 is 1.11 bits per heavy atom. The summed E-state index contributed by atoms with van der Waals surface area (Å²) in [5.41, 5.74) is 7.65. The van der Waals surface area contributed by atoms with Crippen LogP contribution in [0.3, 0.4) is 0 Å². The van der Waals surface area contributed by atoms with Gasteiger partial charge in [0, 0.05) is 30.8 Å². The lowest BCUT2D eigenvalue weighted by atomic mass is 9.92. The second-order valence-electron chi connectivity index (χ2n) is 8.26. The normalized spacial score (nSPS) is 11.3. The molecule has 0 N–H and O–H groups in total. The van der Waals surface area contributed by atoms with Crippen LogP contribution in [0.5, 0.6) is 0 Å². The van der Waals surface area contributed by atoms with E-state index in [1.807, 2.05) is 48.5 Å². The van der Waals surface area contributed by atoms with Crippen LogP contribution in [-0.2, 0) is 0 Å². The molecule has 0 saturated carbocycles. The Morgan fingerprint density at radius 3 is 1.77 bits per heavy atom. The van der Waals surface area contributed by atoms with Crippen LogP contribution in [0.15, 0.2) is 112 Å². The molecule has 6 rings (SSSR count). The van der Waals surface area contributed by atoms with Gasteiger partial charge in [0.15, 0.2) is 0 Å². The molecule has 4 aromatic carbocycles. The molecule has 0 unspecified atom stereocenters. The van der Waals surface area contributed by atoms with Crippen molar-refractivity contribution in [2.75, 3.05) is 0 Å². The van der Waals surface area contributed by atoms with Gasteiger partial charge in [0.25, 0.3) is 0 Å². The zero-order chi connectivity index (χ0) is 23.9. The number of halogens is 3. The summed E-state index contributed by atoms with van der Waals surface area (Å²) >= 11 is 14.2. The van der Waals surface area contributed by atoms with Crippen molar-refractivity contribution in [1.29, 1.82) is 0 Å². The van der Waals surface area contributed by atoms with E-state index in [9.17, 15) is 0 Å². The molecule has 0 amide bonds. The Hall–Kier alpha value is -3.05. The molecule has 2 nitrogen and oxygen atoms in total. The number of fused-ring (bicyclic) bond motifs is 2. The van der Waals surface area contributed by atoms with Crippen molar-refractivity contribution in [1.82, 2.24) is 9.97 Å². The van der Waals surface area contributed by atoms with Crippen molar-refractivity contribution in [3.05, 3.63) is 117 Å². The average Bonchev–Trinajstić information content (AvgIpc) is 2.88. The highest BCUT2D eigenvalue weighted by Gasteiger charge is 2.20. The second kappa shape index (κ2) is 9.19. The summed E-state index contributed by atoms with van der Waals surface area (Å²) in [6, 6.07) is 35.0. The first kappa shape index (κ1) is 22.4. The first-order valence-corrected chi connectivity index (χ1v) is 13.1. The molecule has 0 radical (unpaired) electrons. The lowest BCUT2D eigenvalue weighted by Gasteiger charge is -2.17. The van der Waals surface area contributed by atoms with Crippen molar-refractivity contribution in [2.45, 2.75) is 0 Å². The summed E-state index contributed by atoms with van der Waals surface area (Å²) in [7, 11) is 0. The molecule has 0 aliphatic carbocycles. The van der Waals surface area contributed by atoms with Gasteiger partial charge in [-0.05, 0) is 59.2 Å². The van der Waals surface area contributed by atoms with Gasteiger partial charge in [0.1, 0.15) is 5.15 Å². The molecule has 0 aliphatic rings. The van der Waals surface area contributed by atoms with E-state index in [1.54, 1.807) is 0 Å². The molecule has 6 aromatic rings. The van der Waals surface area contributed by atoms with Crippen LogP contribution in [0, 0.1) is 0 Å². The predicted molar refractivity (Wildman–Crippen MR) is 154 cm³/mol. The van der Waals surface area contributed by atoms with E-state index in [-0.39, 0.29) is 0 Å². The fourth-order valence-corrected chi connectivity index (χ4v) is 5.53. The molecule has 168 valence electrons. The zero-order valence-corrected chi connectivity index (χ0v) is 22.3. The number of pyridine rings is 2. The van der Waals surface area contributed by atoms with Gasteiger partial charge in [-0.25, -0.2) is 9.97 Å².